The van der Waals surface area contributed by atoms with Crippen LogP contribution in [0, 0.1) is 0 Å². The highest BCUT2D eigenvalue weighted by Crippen LogP contribution is 2.18. The molecule has 1 N–H and O–H groups in total. The lowest BCUT2D eigenvalue weighted by molar-refractivity contribution is 1.12. The van der Waals surface area contributed by atoms with Gasteiger partial charge in [-0.25, -0.2) is 0 Å². The molecule has 1 heterocycles. The molecule has 3 nitrogen and oxygen atoms in total. The normalized spacial score (nSPS) is 10.1. The van der Waals surface area contributed by atoms with Gasteiger partial charge in [0.2, 0.25) is 0 Å². The average molecular weight is 233 g/mol. The van der Waals surface area contributed by atoms with Crippen LogP contribution in [0.2, 0.25) is 0 Å². The minimum absolute atomic E-state index is 0.835. The monoisotopic (exact) mass is 233 g/mol. The Hall–Kier alpha value is -1.55. The van der Waals surface area contributed by atoms with Gasteiger partial charge in [0.05, 0.1) is 12.1 Å². The molecule has 1 aromatic heterocycles. The Morgan fingerprint density at radius 1 is 1.38 bits per heavy atom. The topological polar surface area (TPSA) is 28.2 Å². The second kappa shape index (κ2) is 4.99. The van der Waals surface area contributed by atoms with Crippen LogP contribution in [0.15, 0.2) is 36.0 Å². The SMILES string of the molecule is CN(C)c1cccc(NCc2cncs2)c1. The molecule has 84 valence electrons. The van der Waals surface area contributed by atoms with Gasteiger partial charge in [0, 0.05) is 36.5 Å². The van der Waals surface area contributed by atoms with E-state index in [1.54, 1.807) is 11.3 Å². The highest BCUT2D eigenvalue weighted by atomic mass is 32.1. The number of rotatable bonds is 4. The van der Waals surface area contributed by atoms with Crippen LogP contribution in [0.25, 0.3) is 0 Å². The minimum Gasteiger partial charge on any atom is -0.380 e. The maximum Gasteiger partial charge on any atom is 0.0794 e. The smallest absolute Gasteiger partial charge is 0.0794 e. The highest BCUT2D eigenvalue weighted by molar-refractivity contribution is 7.09. The van der Waals surface area contributed by atoms with Crippen LogP contribution in [0.1, 0.15) is 4.88 Å². The van der Waals surface area contributed by atoms with Gasteiger partial charge in [0.1, 0.15) is 0 Å². The van der Waals surface area contributed by atoms with Crippen molar-refractivity contribution in [2.24, 2.45) is 0 Å². The molecule has 1 aromatic carbocycles. The predicted molar refractivity (Wildman–Crippen MR) is 70.2 cm³/mol. The lowest BCUT2D eigenvalue weighted by atomic mass is 10.2. The van der Waals surface area contributed by atoms with Crippen molar-refractivity contribution in [3.8, 4) is 0 Å². The first-order valence-corrected chi connectivity index (χ1v) is 6.02. The summed E-state index contributed by atoms with van der Waals surface area (Å²) in [6.45, 7) is 0.835. The van der Waals surface area contributed by atoms with Crippen LogP contribution in [0.5, 0.6) is 0 Å². The van der Waals surface area contributed by atoms with Gasteiger partial charge in [-0.15, -0.1) is 11.3 Å². The minimum atomic E-state index is 0.835. The number of hydrogen-bond donors (Lipinski definition) is 1. The van der Waals surface area contributed by atoms with Gasteiger partial charge in [0.15, 0.2) is 0 Å². The standard InChI is InChI=1S/C12H15N3S/c1-15(2)11-5-3-4-10(6-11)14-8-12-7-13-9-16-12/h3-7,9,14H,8H2,1-2H3. The Morgan fingerprint density at radius 3 is 2.94 bits per heavy atom. The molecular formula is C12H15N3S. The summed E-state index contributed by atoms with van der Waals surface area (Å²) in [5.74, 6) is 0. The first kappa shape index (κ1) is 11.0. The van der Waals surface area contributed by atoms with Gasteiger partial charge in [-0.1, -0.05) is 6.07 Å². The fraction of sp³-hybridized carbons (Fsp3) is 0.250. The van der Waals surface area contributed by atoms with Crippen molar-refractivity contribution in [2.75, 3.05) is 24.3 Å². The molecule has 0 aliphatic rings. The molecule has 0 saturated carbocycles. The first-order chi connectivity index (χ1) is 7.75. The van der Waals surface area contributed by atoms with Crippen LogP contribution in [-0.2, 0) is 6.54 Å². The van der Waals surface area contributed by atoms with Gasteiger partial charge in [-0.2, -0.15) is 0 Å². The predicted octanol–water partition coefficient (Wildman–Crippen LogP) is 2.82. The van der Waals surface area contributed by atoms with Gasteiger partial charge >= 0.3 is 0 Å². The average Bonchev–Trinajstić information content (AvgIpc) is 2.79. The molecule has 0 amide bonds. The van der Waals surface area contributed by atoms with E-state index >= 15 is 0 Å². The van der Waals surface area contributed by atoms with E-state index in [0.29, 0.717) is 0 Å². The van der Waals surface area contributed by atoms with E-state index in [2.05, 4.69) is 39.5 Å². The van der Waals surface area contributed by atoms with Crippen LogP contribution < -0.4 is 10.2 Å². The van der Waals surface area contributed by atoms with E-state index < -0.39 is 0 Å². The van der Waals surface area contributed by atoms with Crippen LogP contribution >= 0.6 is 11.3 Å². The summed E-state index contributed by atoms with van der Waals surface area (Å²) in [4.78, 5) is 7.39. The molecule has 0 fully saturated rings. The van der Waals surface area contributed by atoms with Gasteiger partial charge in [-0.05, 0) is 18.2 Å². The second-order valence-corrected chi connectivity index (χ2v) is 4.74. The third-order valence-corrected chi connectivity index (χ3v) is 3.09. The molecule has 0 aliphatic carbocycles. The molecule has 0 unspecified atom stereocenters. The van der Waals surface area contributed by atoms with Crippen molar-refractivity contribution in [1.82, 2.24) is 4.98 Å². The summed E-state index contributed by atoms with van der Waals surface area (Å²) in [5.41, 5.74) is 4.20. The molecule has 0 spiro atoms. The van der Waals surface area contributed by atoms with Crippen LogP contribution in [0.3, 0.4) is 0 Å². The Balaban J connectivity index is 2.01. The van der Waals surface area contributed by atoms with E-state index in [1.165, 1.54) is 10.6 Å². The third-order valence-electron chi connectivity index (χ3n) is 2.31. The van der Waals surface area contributed by atoms with Crippen molar-refractivity contribution in [3.63, 3.8) is 0 Å². The fourth-order valence-corrected chi connectivity index (χ4v) is 1.95. The summed E-state index contributed by atoms with van der Waals surface area (Å²) < 4.78 is 0. The first-order valence-electron chi connectivity index (χ1n) is 5.14. The fourth-order valence-electron chi connectivity index (χ4n) is 1.41. The molecule has 0 atom stereocenters. The van der Waals surface area contributed by atoms with E-state index in [9.17, 15) is 0 Å². The summed E-state index contributed by atoms with van der Waals surface area (Å²) in [6.07, 6.45) is 1.90. The van der Waals surface area contributed by atoms with E-state index in [4.69, 9.17) is 0 Å². The zero-order valence-electron chi connectivity index (χ0n) is 9.47. The molecule has 0 radical (unpaired) electrons. The van der Waals surface area contributed by atoms with Gasteiger partial charge in [-0.3, -0.25) is 4.98 Å². The maximum atomic E-state index is 4.05. The lowest BCUT2D eigenvalue weighted by Crippen LogP contribution is -2.08. The zero-order chi connectivity index (χ0) is 11.4. The summed E-state index contributed by atoms with van der Waals surface area (Å²) in [5, 5.41) is 3.39. The Morgan fingerprint density at radius 2 is 2.25 bits per heavy atom. The van der Waals surface area contributed by atoms with Crippen LogP contribution in [-0.4, -0.2) is 19.1 Å². The number of thiazole rings is 1. The van der Waals surface area contributed by atoms with Gasteiger partial charge < -0.3 is 10.2 Å². The largest absolute Gasteiger partial charge is 0.380 e. The highest BCUT2D eigenvalue weighted by Gasteiger charge is 1.98. The molecular weight excluding hydrogens is 218 g/mol. The molecule has 0 aliphatic heterocycles. The van der Waals surface area contributed by atoms with Gasteiger partial charge in [0.25, 0.3) is 0 Å². The quantitative estimate of drug-likeness (QED) is 0.880. The zero-order valence-corrected chi connectivity index (χ0v) is 10.3. The van der Waals surface area contributed by atoms with E-state index in [0.717, 1.165) is 12.2 Å². The van der Waals surface area contributed by atoms with E-state index in [1.807, 2.05) is 25.8 Å². The molecule has 16 heavy (non-hydrogen) atoms. The van der Waals surface area contributed by atoms with Crippen molar-refractivity contribution in [1.29, 1.82) is 0 Å². The number of nitrogens with zero attached hydrogens (tertiary/aromatic N) is 2. The number of benzene rings is 1. The number of anilines is 2. The molecule has 2 aromatic rings. The lowest BCUT2D eigenvalue weighted by Gasteiger charge is -2.14. The summed E-state index contributed by atoms with van der Waals surface area (Å²) in [7, 11) is 4.09. The molecule has 0 saturated heterocycles. The van der Waals surface area contributed by atoms with Crippen molar-refractivity contribution in [2.45, 2.75) is 6.54 Å². The van der Waals surface area contributed by atoms with E-state index in [-0.39, 0.29) is 0 Å². The number of hydrogen-bond acceptors (Lipinski definition) is 4. The van der Waals surface area contributed by atoms with Crippen molar-refractivity contribution >= 4 is 22.7 Å². The Kier molecular flexibility index (Phi) is 3.41. The maximum absolute atomic E-state index is 4.05. The second-order valence-electron chi connectivity index (χ2n) is 3.77. The van der Waals surface area contributed by atoms with Crippen molar-refractivity contribution in [3.05, 3.63) is 40.8 Å². The van der Waals surface area contributed by atoms with Crippen molar-refractivity contribution < 1.29 is 0 Å². The molecule has 2 rings (SSSR count). The number of nitrogens with one attached hydrogen (secondary N) is 1. The molecule has 0 bridgehead atoms. The summed E-state index contributed by atoms with van der Waals surface area (Å²) >= 11 is 1.67. The summed E-state index contributed by atoms with van der Waals surface area (Å²) in [6, 6.07) is 8.37. The van der Waals surface area contributed by atoms with Crippen LogP contribution in [0.4, 0.5) is 11.4 Å². The number of aromatic nitrogens is 1. The Labute approximate surface area is 99.8 Å². The molecule has 4 heteroatoms. The Bertz CT molecular complexity index is 437. The third kappa shape index (κ3) is 2.73.